The van der Waals surface area contributed by atoms with E-state index in [9.17, 15) is 29.5 Å². The van der Waals surface area contributed by atoms with E-state index in [-0.39, 0.29) is 26.4 Å². The fourth-order valence-electron chi connectivity index (χ4n) is 6.38. The van der Waals surface area contributed by atoms with Crippen LogP contribution in [0.1, 0.15) is 45.1 Å². The molecule has 0 aliphatic carbocycles. The number of azide groups is 1. The Morgan fingerprint density at radius 1 is 0.754 bits per heavy atom. The molecule has 57 heavy (non-hydrogen) atoms. The zero-order valence-corrected chi connectivity index (χ0v) is 31.5. The van der Waals surface area contributed by atoms with Crippen molar-refractivity contribution in [3.63, 3.8) is 0 Å². The van der Waals surface area contributed by atoms with Crippen molar-refractivity contribution in [2.75, 3.05) is 26.4 Å². The monoisotopic (exact) mass is 800 g/mol. The van der Waals surface area contributed by atoms with Gasteiger partial charge in [-0.05, 0) is 11.1 Å². The smallest absolute Gasteiger partial charge is 0.407 e. The maximum absolute atomic E-state index is 13.5. The van der Waals surface area contributed by atoms with Crippen molar-refractivity contribution in [2.45, 2.75) is 102 Å². The van der Waals surface area contributed by atoms with Gasteiger partial charge in [-0.25, -0.2) is 4.79 Å². The van der Waals surface area contributed by atoms with Crippen LogP contribution < -0.4 is 5.32 Å². The Balaban J connectivity index is 1.31. The van der Waals surface area contributed by atoms with E-state index in [1.54, 1.807) is 0 Å². The first kappa shape index (κ1) is 42.8. The highest BCUT2D eigenvalue weighted by molar-refractivity contribution is 5.69. The van der Waals surface area contributed by atoms with Gasteiger partial charge in [-0.3, -0.25) is 19.2 Å². The normalized spacial score (nSPS) is 29.3. The maximum Gasteiger partial charge on any atom is 0.407 e. The largest absolute Gasteiger partial charge is 0.463 e. The van der Waals surface area contributed by atoms with Gasteiger partial charge in [0.05, 0.1) is 19.8 Å². The number of carbonyl (C=O) groups is 5. The molecular weight excluding hydrogens is 756 g/mol. The number of benzene rings is 2. The number of alkyl carbamates (subject to hydrolysis) is 1. The molecule has 3 aliphatic heterocycles. The van der Waals surface area contributed by atoms with Gasteiger partial charge < -0.3 is 57.4 Å². The van der Waals surface area contributed by atoms with Gasteiger partial charge in [-0.1, -0.05) is 65.8 Å². The molecule has 3 aliphatic rings. The van der Waals surface area contributed by atoms with Crippen LogP contribution in [0.15, 0.2) is 65.8 Å². The predicted octanol–water partition coefficient (Wildman–Crippen LogP) is 2.92. The summed E-state index contributed by atoms with van der Waals surface area (Å²) in [5, 5.41) is 6.36. The highest BCUT2D eigenvalue weighted by atomic mass is 16.7. The first-order valence-electron chi connectivity index (χ1n) is 18.0. The molecule has 20 heteroatoms. The maximum atomic E-state index is 13.5. The van der Waals surface area contributed by atoms with Crippen LogP contribution in [0.5, 0.6) is 0 Å². The van der Waals surface area contributed by atoms with E-state index in [4.69, 9.17) is 52.1 Å². The summed E-state index contributed by atoms with van der Waals surface area (Å²) in [5.74, 6) is -3.08. The summed E-state index contributed by atoms with van der Waals surface area (Å²) in [7, 11) is 0. The van der Waals surface area contributed by atoms with Gasteiger partial charge >= 0.3 is 30.0 Å². The molecule has 11 atom stereocenters. The van der Waals surface area contributed by atoms with Gasteiger partial charge in [0.1, 0.15) is 31.0 Å². The molecule has 2 aromatic rings. The van der Waals surface area contributed by atoms with Crippen LogP contribution in [0, 0.1) is 0 Å². The summed E-state index contributed by atoms with van der Waals surface area (Å²) < 4.78 is 63.5. The van der Waals surface area contributed by atoms with Crippen molar-refractivity contribution in [1.29, 1.82) is 0 Å². The van der Waals surface area contributed by atoms with E-state index < -0.39 is 104 Å². The molecule has 0 bridgehead atoms. The number of rotatable bonds is 15. The number of fused-ring (bicyclic) bond motifs is 1. The van der Waals surface area contributed by atoms with Gasteiger partial charge in [-0.2, -0.15) is 0 Å². The Hall–Kier alpha value is -5.34. The van der Waals surface area contributed by atoms with Gasteiger partial charge in [0.15, 0.2) is 43.2 Å². The zero-order valence-electron chi connectivity index (χ0n) is 31.5. The van der Waals surface area contributed by atoms with E-state index in [2.05, 4.69) is 15.3 Å². The van der Waals surface area contributed by atoms with Crippen LogP contribution in [0.3, 0.4) is 0 Å². The number of nitrogens with one attached hydrogen (secondary N) is 1. The number of carbonyl (C=O) groups excluding carboxylic acids is 5. The van der Waals surface area contributed by atoms with Crippen LogP contribution >= 0.6 is 0 Å². The molecular formula is C37H44N4O16. The molecule has 0 spiro atoms. The van der Waals surface area contributed by atoms with Crippen LogP contribution in [0.4, 0.5) is 4.79 Å². The van der Waals surface area contributed by atoms with Gasteiger partial charge in [-0.15, -0.1) is 0 Å². The molecule has 3 saturated heterocycles. The number of hydrogen-bond acceptors (Lipinski definition) is 17. The number of nitrogens with zero attached hydrogens (tertiary/aromatic N) is 3. The van der Waals surface area contributed by atoms with Crippen molar-refractivity contribution in [1.82, 2.24) is 5.32 Å². The third-order valence-electron chi connectivity index (χ3n) is 8.67. The van der Waals surface area contributed by atoms with Crippen molar-refractivity contribution in [3.05, 3.63) is 82.2 Å². The second-order valence-corrected chi connectivity index (χ2v) is 12.9. The first-order valence-corrected chi connectivity index (χ1v) is 18.0. The van der Waals surface area contributed by atoms with Crippen molar-refractivity contribution in [3.8, 4) is 0 Å². The van der Waals surface area contributed by atoms with Crippen LogP contribution in [0.25, 0.3) is 10.4 Å². The minimum atomic E-state index is -1.47. The Bertz CT molecular complexity index is 1730. The minimum absolute atomic E-state index is 0.0123. The number of hydrogen-bond donors (Lipinski definition) is 1. The number of esters is 4. The Labute approximate surface area is 326 Å². The quantitative estimate of drug-likeness (QED) is 0.0679. The average Bonchev–Trinajstić information content (AvgIpc) is 3.17. The second kappa shape index (κ2) is 20.7. The molecule has 3 fully saturated rings. The summed E-state index contributed by atoms with van der Waals surface area (Å²) in [6, 6.07) is 18.3. The average molecular weight is 801 g/mol. The molecule has 5 rings (SSSR count). The molecule has 3 heterocycles. The van der Waals surface area contributed by atoms with E-state index >= 15 is 0 Å². The first-order chi connectivity index (χ1) is 27.4. The predicted molar refractivity (Wildman–Crippen MR) is 189 cm³/mol. The lowest BCUT2D eigenvalue weighted by Gasteiger charge is -2.47. The van der Waals surface area contributed by atoms with E-state index in [0.717, 1.165) is 33.3 Å². The van der Waals surface area contributed by atoms with Gasteiger partial charge in [0.2, 0.25) is 0 Å². The SMILES string of the molecule is CC(=O)OC[C@H]1O[C@@H](OCCNC(=O)O[C@@H]2[C@@H](OCc3ccccc3)[C@H](N=[N+]=[N-])O[C@@H]3CO[C@@H](c4ccccc4)O[C@@H]23)[C@H](OC(C)=O)[C@@H](OC(C)=O)[C@@H]1OC(C)=O. The minimum Gasteiger partial charge on any atom is -0.463 e. The summed E-state index contributed by atoms with van der Waals surface area (Å²) >= 11 is 0. The molecule has 1 N–H and O–H groups in total. The molecule has 2 aromatic carbocycles. The standard InChI is InChI=1S/C37H44N4O16/c1-20(42)48-18-27-28(51-21(2)43)31(52-22(3)44)33(53-23(4)45)36(55-27)47-16-15-39-37(46)57-30-29-26(19-50-35(56-29)25-13-9-6-10-14-25)54-34(40-41-38)32(30)49-17-24-11-7-5-8-12-24/h5-14,26-36H,15-19H2,1-4H3,(H,39,46)/t26-,27-,28-,29-,30+,31+,32-,33-,34-,35-,36-/m1/s1. The van der Waals surface area contributed by atoms with Crippen LogP contribution in [0.2, 0.25) is 0 Å². The van der Waals surface area contributed by atoms with Crippen LogP contribution in [-0.2, 0) is 77.9 Å². The summed E-state index contributed by atoms with van der Waals surface area (Å²) in [4.78, 5) is 64.3. The topological polar surface area (TPSA) is 248 Å². The lowest BCUT2D eigenvalue weighted by molar-refractivity contribution is -0.331. The summed E-state index contributed by atoms with van der Waals surface area (Å²) in [6.45, 7) is 3.56. The third-order valence-corrected chi connectivity index (χ3v) is 8.67. The Kier molecular flexibility index (Phi) is 15.6. The fourth-order valence-corrected chi connectivity index (χ4v) is 6.38. The molecule has 1 amide bonds. The third kappa shape index (κ3) is 12.1. The van der Waals surface area contributed by atoms with Gasteiger partial charge in [0.25, 0.3) is 0 Å². The molecule has 0 radical (unpaired) electrons. The highest BCUT2D eigenvalue weighted by Gasteiger charge is 2.54. The molecule has 0 aromatic heterocycles. The Morgan fingerprint density at radius 3 is 2.05 bits per heavy atom. The van der Waals surface area contributed by atoms with E-state index in [1.165, 1.54) is 0 Å². The molecule has 20 nitrogen and oxygen atoms in total. The summed E-state index contributed by atoms with van der Waals surface area (Å²) in [5.41, 5.74) is 10.9. The second-order valence-electron chi connectivity index (χ2n) is 12.9. The summed E-state index contributed by atoms with van der Waals surface area (Å²) in [6.07, 6.45) is -14.0. The van der Waals surface area contributed by atoms with E-state index in [1.807, 2.05) is 60.7 Å². The Morgan fingerprint density at radius 2 is 1.40 bits per heavy atom. The van der Waals surface area contributed by atoms with Crippen LogP contribution in [-0.4, -0.2) is 118 Å². The van der Waals surface area contributed by atoms with E-state index in [0.29, 0.717) is 5.56 Å². The van der Waals surface area contributed by atoms with Crippen molar-refractivity contribution >= 4 is 30.0 Å². The number of ether oxygens (including phenoxy) is 11. The molecule has 308 valence electrons. The van der Waals surface area contributed by atoms with Crippen molar-refractivity contribution < 1.29 is 76.1 Å². The zero-order chi connectivity index (χ0) is 40.9. The highest BCUT2D eigenvalue weighted by Crippen LogP contribution is 2.37. The lowest BCUT2D eigenvalue weighted by Crippen LogP contribution is -2.63. The molecule has 0 saturated carbocycles. The molecule has 0 unspecified atom stereocenters. The number of amides is 1. The van der Waals surface area contributed by atoms with Gasteiger partial charge in [0, 0.05) is 44.7 Å². The lowest BCUT2D eigenvalue weighted by atomic mass is 9.96. The van der Waals surface area contributed by atoms with Crippen molar-refractivity contribution in [2.24, 2.45) is 5.11 Å². The fraction of sp³-hybridized carbons (Fsp3) is 0.541.